The van der Waals surface area contributed by atoms with Gasteiger partial charge in [-0.3, -0.25) is 9.69 Å². The van der Waals surface area contributed by atoms with E-state index in [2.05, 4.69) is 12.2 Å². The highest BCUT2D eigenvalue weighted by molar-refractivity contribution is 5.99. The maximum atomic E-state index is 15.0. The van der Waals surface area contributed by atoms with Gasteiger partial charge in [0.05, 0.1) is 12.1 Å². The number of nitrogens with zero attached hydrogens (tertiary/aromatic N) is 1. The molecule has 30 heavy (non-hydrogen) atoms. The summed E-state index contributed by atoms with van der Waals surface area (Å²) in [4.78, 5) is 25.5. The highest BCUT2D eigenvalue weighted by atomic mass is 19.1. The molecule has 160 valence electrons. The second-order valence-corrected chi connectivity index (χ2v) is 7.80. The fourth-order valence-corrected chi connectivity index (χ4v) is 4.16. The van der Waals surface area contributed by atoms with Crippen molar-refractivity contribution in [2.45, 2.75) is 51.4 Å². The van der Waals surface area contributed by atoms with Crippen LogP contribution in [-0.2, 0) is 4.79 Å². The zero-order valence-corrected chi connectivity index (χ0v) is 17.6. The highest BCUT2D eigenvalue weighted by Gasteiger charge is 2.41. The van der Waals surface area contributed by atoms with Gasteiger partial charge in [-0.1, -0.05) is 62.9 Å². The van der Waals surface area contributed by atoms with E-state index in [9.17, 15) is 19.1 Å². The number of unbranched alkanes of at least 4 members (excludes halogenated alkanes) is 4. The zero-order valence-electron chi connectivity index (χ0n) is 17.6. The number of carboxylic acid groups (broad SMARTS) is 1. The molecule has 0 heterocycles. The summed E-state index contributed by atoms with van der Waals surface area (Å²) < 4.78 is 15.0. The van der Waals surface area contributed by atoms with Gasteiger partial charge in [0.15, 0.2) is 0 Å². The Kier molecular flexibility index (Phi) is 7.08. The molecule has 4 rings (SSSR count). The Balaban J connectivity index is 1.83. The van der Waals surface area contributed by atoms with Gasteiger partial charge in [0.1, 0.15) is 5.82 Å². The van der Waals surface area contributed by atoms with E-state index in [4.69, 9.17) is 0 Å². The molecule has 2 aliphatic rings. The van der Waals surface area contributed by atoms with Crippen LogP contribution in [0, 0.1) is 5.82 Å². The van der Waals surface area contributed by atoms with Crippen molar-refractivity contribution in [2.75, 3.05) is 18.5 Å². The second kappa shape index (κ2) is 9.74. The SMILES string of the molecule is CCCCCCCNC(=O)N(C)c1c2c(F)cc(-c3ccccc3)c1C2CC(=O)O. The number of hydrogen-bond donors (Lipinski definition) is 2. The fourth-order valence-electron chi connectivity index (χ4n) is 4.16. The third kappa shape index (κ3) is 4.48. The number of nitrogens with one attached hydrogen (secondary N) is 1. The first-order valence-electron chi connectivity index (χ1n) is 10.6. The van der Waals surface area contributed by atoms with Crippen LogP contribution in [0.1, 0.15) is 62.5 Å². The third-order valence-electron chi connectivity index (χ3n) is 5.69. The quantitative estimate of drug-likeness (QED) is 0.504. The number of carboxylic acids is 1. The molecule has 0 aromatic heterocycles. The Hall–Kier alpha value is -2.89. The highest BCUT2D eigenvalue weighted by Crippen LogP contribution is 2.55. The predicted molar refractivity (Wildman–Crippen MR) is 116 cm³/mol. The standard InChI is InChI=1S/C24H29FN2O3/c1-3-4-5-6-10-13-26-24(30)27(2)23-21-17(16-11-8-7-9-12-16)14-19(25)22(23)18(21)15-20(28)29/h7-9,11-12,14,18H,3-6,10,13,15H2,1-2H3,(H,26,30)(H,28,29). The number of urea groups is 1. The lowest BCUT2D eigenvalue weighted by Crippen LogP contribution is -2.41. The van der Waals surface area contributed by atoms with E-state index in [1.807, 2.05) is 30.3 Å². The van der Waals surface area contributed by atoms with E-state index in [-0.39, 0.29) is 12.5 Å². The van der Waals surface area contributed by atoms with E-state index < -0.39 is 17.7 Å². The van der Waals surface area contributed by atoms with Gasteiger partial charge in [-0.05, 0) is 29.2 Å². The Labute approximate surface area is 176 Å². The maximum absolute atomic E-state index is 15.0. The van der Waals surface area contributed by atoms with Crippen LogP contribution in [0.25, 0.3) is 11.1 Å². The molecule has 0 fully saturated rings. The molecule has 2 aromatic carbocycles. The van der Waals surface area contributed by atoms with E-state index in [0.717, 1.165) is 30.4 Å². The normalized spacial score (nSPS) is 14.2. The van der Waals surface area contributed by atoms with Crippen molar-refractivity contribution in [3.8, 4) is 11.1 Å². The molecule has 5 nitrogen and oxygen atoms in total. The number of aliphatic carboxylic acids is 1. The van der Waals surface area contributed by atoms with Gasteiger partial charge < -0.3 is 10.4 Å². The predicted octanol–water partition coefficient (Wildman–Crippen LogP) is 5.53. The molecule has 0 radical (unpaired) electrons. The van der Waals surface area contributed by atoms with Gasteiger partial charge >= 0.3 is 12.0 Å². The fraction of sp³-hybridized carbons (Fsp3) is 0.417. The summed E-state index contributed by atoms with van der Waals surface area (Å²) in [5.41, 5.74) is 2.97. The number of hydrogen-bond acceptors (Lipinski definition) is 2. The van der Waals surface area contributed by atoms with Crippen molar-refractivity contribution in [3.05, 3.63) is 53.3 Å². The van der Waals surface area contributed by atoms with Gasteiger partial charge in [-0.2, -0.15) is 0 Å². The van der Waals surface area contributed by atoms with Crippen molar-refractivity contribution >= 4 is 17.7 Å². The van der Waals surface area contributed by atoms with Gasteiger partial charge in [0.25, 0.3) is 0 Å². The number of fused-ring (bicyclic) bond motifs is 2. The number of anilines is 1. The van der Waals surface area contributed by atoms with Crippen molar-refractivity contribution in [2.24, 2.45) is 0 Å². The van der Waals surface area contributed by atoms with E-state index in [0.29, 0.717) is 23.4 Å². The number of halogens is 1. The summed E-state index contributed by atoms with van der Waals surface area (Å²) >= 11 is 0. The minimum absolute atomic E-state index is 0.196. The minimum Gasteiger partial charge on any atom is -0.481 e. The van der Waals surface area contributed by atoms with Gasteiger partial charge in [-0.15, -0.1) is 0 Å². The number of carbonyl (C=O) groups is 2. The lowest BCUT2D eigenvalue weighted by Gasteiger charge is -2.39. The van der Waals surface area contributed by atoms with E-state index in [1.165, 1.54) is 23.8 Å². The summed E-state index contributed by atoms with van der Waals surface area (Å²) in [6.07, 6.45) is 5.28. The van der Waals surface area contributed by atoms with Crippen molar-refractivity contribution < 1.29 is 19.1 Å². The molecule has 2 N–H and O–H groups in total. The van der Waals surface area contributed by atoms with Crippen molar-refractivity contribution in [1.29, 1.82) is 0 Å². The van der Waals surface area contributed by atoms with Gasteiger partial charge in [0.2, 0.25) is 0 Å². The minimum atomic E-state index is -0.990. The number of amides is 2. The molecule has 0 saturated carbocycles. The number of rotatable bonds is 10. The van der Waals surface area contributed by atoms with Crippen LogP contribution in [0.15, 0.2) is 36.4 Å². The average Bonchev–Trinajstić information content (AvgIpc) is 2.73. The Morgan fingerprint density at radius 3 is 2.47 bits per heavy atom. The first-order chi connectivity index (χ1) is 14.5. The Bertz CT molecular complexity index is 914. The summed E-state index contributed by atoms with van der Waals surface area (Å²) in [6, 6.07) is 10.5. The zero-order chi connectivity index (χ0) is 21.7. The molecule has 1 atom stereocenters. The first-order valence-corrected chi connectivity index (χ1v) is 10.6. The summed E-state index contributed by atoms with van der Waals surface area (Å²) in [5.74, 6) is -2.00. The van der Waals surface area contributed by atoms with Crippen LogP contribution >= 0.6 is 0 Å². The largest absolute Gasteiger partial charge is 0.481 e. The number of benzene rings is 2. The molecule has 2 amide bonds. The molecule has 0 aliphatic heterocycles. The topological polar surface area (TPSA) is 69.6 Å². The first kappa shape index (κ1) is 21.8. The van der Waals surface area contributed by atoms with Crippen LogP contribution in [0.5, 0.6) is 0 Å². The third-order valence-corrected chi connectivity index (χ3v) is 5.69. The molecule has 1 unspecified atom stereocenters. The Morgan fingerprint density at radius 2 is 1.80 bits per heavy atom. The molecule has 0 spiro atoms. The molecule has 2 aliphatic carbocycles. The maximum Gasteiger partial charge on any atom is 0.321 e. The van der Waals surface area contributed by atoms with Crippen LogP contribution in [-0.4, -0.2) is 30.7 Å². The lowest BCUT2D eigenvalue weighted by molar-refractivity contribution is -0.137. The Morgan fingerprint density at radius 1 is 1.10 bits per heavy atom. The van der Waals surface area contributed by atoms with Crippen LogP contribution in [0.4, 0.5) is 14.9 Å². The molecular weight excluding hydrogens is 383 g/mol. The second-order valence-electron chi connectivity index (χ2n) is 7.80. The van der Waals surface area contributed by atoms with Crippen LogP contribution in [0.2, 0.25) is 0 Å². The van der Waals surface area contributed by atoms with Gasteiger partial charge in [0, 0.05) is 25.1 Å². The molecule has 2 bridgehead atoms. The number of carbonyl (C=O) groups excluding carboxylic acids is 1. The lowest BCUT2D eigenvalue weighted by atomic mass is 9.71. The molecule has 0 saturated heterocycles. The molecule has 2 aromatic rings. The summed E-state index contributed by atoms with van der Waals surface area (Å²) in [7, 11) is 1.61. The van der Waals surface area contributed by atoms with Crippen molar-refractivity contribution in [3.63, 3.8) is 0 Å². The molecule has 6 heteroatoms. The van der Waals surface area contributed by atoms with Crippen LogP contribution in [0.3, 0.4) is 0 Å². The van der Waals surface area contributed by atoms with E-state index in [1.54, 1.807) is 7.05 Å². The summed E-state index contributed by atoms with van der Waals surface area (Å²) in [6.45, 7) is 2.72. The molecular formula is C24H29FN2O3. The van der Waals surface area contributed by atoms with Crippen molar-refractivity contribution in [1.82, 2.24) is 5.32 Å². The van der Waals surface area contributed by atoms with Crippen LogP contribution < -0.4 is 10.2 Å². The van der Waals surface area contributed by atoms with Gasteiger partial charge in [-0.25, -0.2) is 9.18 Å². The van der Waals surface area contributed by atoms with E-state index >= 15 is 0 Å². The summed E-state index contributed by atoms with van der Waals surface area (Å²) in [5, 5.41) is 12.2. The smallest absolute Gasteiger partial charge is 0.321 e. The monoisotopic (exact) mass is 412 g/mol. The average molecular weight is 413 g/mol.